The summed E-state index contributed by atoms with van der Waals surface area (Å²) in [5.74, 6) is -0.777. The third-order valence-electron chi connectivity index (χ3n) is 6.00. The third kappa shape index (κ3) is 3.59. The summed E-state index contributed by atoms with van der Waals surface area (Å²) in [6, 6.07) is 4.58. The molecule has 2 fully saturated rings. The monoisotopic (exact) mass is 398 g/mol. The fourth-order valence-electron chi connectivity index (χ4n) is 4.60. The van der Waals surface area contributed by atoms with Crippen molar-refractivity contribution in [2.75, 3.05) is 16.4 Å². The van der Waals surface area contributed by atoms with E-state index in [-0.39, 0.29) is 47.3 Å². The largest absolute Gasteiger partial charge is 0.397 e. The zero-order valence-electron chi connectivity index (χ0n) is 16.0. The van der Waals surface area contributed by atoms with Gasteiger partial charge in [-0.3, -0.25) is 9.59 Å². The molecule has 1 aromatic carbocycles. The first-order chi connectivity index (χ1) is 13.8. The van der Waals surface area contributed by atoms with E-state index in [0.717, 1.165) is 25.5 Å². The van der Waals surface area contributed by atoms with Crippen LogP contribution in [0, 0.1) is 23.6 Å². The molecule has 3 unspecified atom stereocenters. The van der Waals surface area contributed by atoms with Crippen LogP contribution in [0.15, 0.2) is 24.4 Å². The Morgan fingerprint density at radius 3 is 2.72 bits per heavy atom. The predicted molar refractivity (Wildman–Crippen MR) is 107 cm³/mol. The van der Waals surface area contributed by atoms with Crippen LogP contribution in [0.25, 0.3) is 0 Å². The first-order valence-electron chi connectivity index (χ1n) is 9.59. The standard InChI is InChI=1S/C20H23FN6O2/c1-9(28)10-4-5-14(22)15(7-10)25-20-24-8-13(21)19(27-20)26-17-12-3-2-11(6-12)16(17)18(23)29/h4-5,7-8,11-12,16-17H,2-3,6,22H2,1H3,(H2,23,29)(H2,24,25,26,27)/t11?,12-,16?,17?/m0/s1. The highest BCUT2D eigenvalue weighted by Crippen LogP contribution is 2.49. The molecule has 0 radical (unpaired) electrons. The van der Waals surface area contributed by atoms with Gasteiger partial charge in [-0.2, -0.15) is 4.98 Å². The molecule has 2 aliphatic rings. The number of carbonyl (C=O) groups is 2. The van der Waals surface area contributed by atoms with Crippen molar-refractivity contribution in [2.45, 2.75) is 32.2 Å². The van der Waals surface area contributed by atoms with E-state index in [1.54, 1.807) is 18.2 Å². The number of ketones is 1. The van der Waals surface area contributed by atoms with Crippen molar-refractivity contribution in [1.29, 1.82) is 0 Å². The maximum atomic E-state index is 14.4. The molecule has 2 bridgehead atoms. The van der Waals surface area contributed by atoms with Gasteiger partial charge in [0.25, 0.3) is 0 Å². The van der Waals surface area contributed by atoms with Gasteiger partial charge in [-0.1, -0.05) is 0 Å². The summed E-state index contributed by atoms with van der Waals surface area (Å²) >= 11 is 0. The highest BCUT2D eigenvalue weighted by Gasteiger charge is 2.50. The lowest BCUT2D eigenvalue weighted by molar-refractivity contribution is -0.123. The Hall–Kier alpha value is -3.23. The van der Waals surface area contributed by atoms with Gasteiger partial charge in [0.05, 0.1) is 23.5 Å². The molecule has 1 aromatic heterocycles. The summed E-state index contributed by atoms with van der Waals surface area (Å²) in [4.78, 5) is 31.7. The number of amides is 1. The number of aromatic nitrogens is 2. The number of hydrogen-bond acceptors (Lipinski definition) is 7. The molecular formula is C20H23FN6O2. The van der Waals surface area contributed by atoms with Crippen LogP contribution < -0.4 is 22.1 Å². The SMILES string of the molecule is CC(=O)c1ccc(N)c(Nc2ncc(F)c(NC3C(C(N)=O)C4CC[C@H]3C4)n2)c1. The number of benzene rings is 1. The van der Waals surface area contributed by atoms with Gasteiger partial charge in [0, 0.05) is 11.6 Å². The van der Waals surface area contributed by atoms with Crippen molar-refractivity contribution in [3.63, 3.8) is 0 Å². The Morgan fingerprint density at radius 2 is 2.00 bits per heavy atom. The number of carbonyl (C=O) groups excluding carboxylic acids is 2. The highest BCUT2D eigenvalue weighted by molar-refractivity contribution is 5.96. The molecule has 2 aromatic rings. The van der Waals surface area contributed by atoms with Crippen LogP contribution in [0.2, 0.25) is 0 Å². The zero-order valence-corrected chi connectivity index (χ0v) is 16.0. The molecule has 4 rings (SSSR count). The number of primary amides is 1. The highest BCUT2D eigenvalue weighted by atomic mass is 19.1. The Morgan fingerprint density at radius 1 is 1.24 bits per heavy atom. The van der Waals surface area contributed by atoms with Crippen LogP contribution in [0.3, 0.4) is 0 Å². The number of hydrogen-bond donors (Lipinski definition) is 4. The van der Waals surface area contributed by atoms with Crippen molar-refractivity contribution in [2.24, 2.45) is 23.5 Å². The van der Waals surface area contributed by atoms with Crippen LogP contribution >= 0.6 is 0 Å². The van der Waals surface area contributed by atoms with E-state index in [9.17, 15) is 14.0 Å². The molecule has 9 heteroatoms. The Labute approximate surface area is 167 Å². The van der Waals surface area contributed by atoms with Gasteiger partial charge in [0.2, 0.25) is 11.9 Å². The predicted octanol–water partition coefficient (Wildman–Crippen LogP) is 2.46. The van der Waals surface area contributed by atoms with E-state index in [4.69, 9.17) is 11.5 Å². The topological polar surface area (TPSA) is 136 Å². The van der Waals surface area contributed by atoms with Gasteiger partial charge >= 0.3 is 0 Å². The summed E-state index contributed by atoms with van der Waals surface area (Å²) in [5, 5.41) is 6.02. The Bertz CT molecular complexity index is 981. The number of nitrogens with zero attached hydrogens (tertiary/aromatic N) is 2. The van der Waals surface area contributed by atoms with Crippen LogP contribution in [-0.2, 0) is 4.79 Å². The quantitative estimate of drug-likeness (QED) is 0.433. The minimum atomic E-state index is -0.619. The molecule has 1 amide bonds. The number of halogens is 1. The molecule has 6 N–H and O–H groups in total. The van der Waals surface area contributed by atoms with Crippen molar-refractivity contribution < 1.29 is 14.0 Å². The fraction of sp³-hybridized carbons (Fsp3) is 0.400. The lowest BCUT2D eigenvalue weighted by Crippen LogP contribution is -2.42. The van der Waals surface area contributed by atoms with E-state index in [1.165, 1.54) is 6.92 Å². The summed E-state index contributed by atoms with van der Waals surface area (Å²) in [6.45, 7) is 1.45. The molecule has 2 saturated carbocycles. The average molecular weight is 398 g/mol. The lowest BCUT2D eigenvalue weighted by Gasteiger charge is -2.30. The average Bonchev–Trinajstić information content (AvgIpc) is 3.27. The minimum Gasteiger partial charge on any atom is -0.397 e. The number of anilines is 4. The van der Waals surface area contributed by atoms with Crippen LogP contribution in [0.4, 0.5) is 27.5 Å². The maximum Gasteiger partial charge on any atom is 0.229 e. The number of nitrogens with one attached hydrogen (secondary N) is 2. The molecule has 0 spiro atoms. The molecule has 29 heavy (non-hydrogen) atoms. The summed E-state index contributed by atoms with van der Waals surface area (Å²) in [6.07, 6.45) is 3.92. The van der Waals surface area contributed by atoms with Gasteiger partial charge in [0.1, 0.15) is 0 Å². The molecule has 1 heterocycles. The van der Waals surface area contributed by atoms with Gasteiger partial charge in [-0.15, -0.1) is 0 Å². The van der Waals surface area contributed by atoms with Crippen LogP contribution in [0.5, 0.6) is 0 Å². The van der Waals surface area contributed by atoms with Gasteiger partial charge in [-0.25, -0.2) is 9.37 Å². The number of rotatable bonds is 6. The minimum absolute atomic E-state index is 0.00703. The summed E-state index contributed by atoms with van der Waals surface area (Å²) in [7, 11) is 0. The molecule has 8 nitrogen and oxygen atoms in total. The molecule has 2 aliphatic carbocycles. The van der Waals surface area contributed by atoms with E-state index in [0.29, 0.717) is 16.9 Å². The smallest absolute Gasteiger partial charge is 0.229 e. The summed E-state index contributed by atoms with van der Waals surface area (Å²) < 4.78 is 14.4. The van der Waals surface area contributed by atoms with E-state index < -0.39 is 5.82 Å². The number of nitrogen functional groups attached to an aromatic ring is 1. The second kappa shape index (κ2) is 7.31. The zero-order chi connectivity index (χ0) is 20.7. The molecule has 4 atom stereocenters. The normalized spacial score (nSPS) is 25.0. The molecule has 152 valence electrons. The second-order valence-electron chi connectivity index (χ2n) is 7.80. The van der Waals surface area contributed by atoms with E-state index in [2.05, 4.69) is 20.6 Å². The van der Waals surface area contributed by atoms with Crippen LogP contribution in [0.1, 0.15) is 36.5 Å². The van der Waals surface area contributed by atoms with E-state index >= 15 is 0 Å². The molecular weight excluding hydrogens is 375 g/mol. The van der Waals surface area contributed by atoms with Gasteiger partial charge in [0.15, 0.2) is 17.4 Å². The summed E-state index contributed by atoms with van der Waals surface area (Å²) in [5.41, 5.74) is 12.9. The van der Waals surface area contributed by atoms with E-state index in [1.807, 2.05) is 0 Å². The fourth-order valence-corrected chi connectivity index (χ4v) is 4.60. The maximum absolute atomic E-state index is 14.4. The van der Waals surface area contributed by atoms with Gasteiger partial charge < -0.3 is 22.1 Å². The number of nitrogens with two attached hydrogens (primary N) is 2. The lowest BCUT2D eigenvalue weighted by atomic mass is 9.84. The first kappa shape index (κ1) is 19.1. The number of Topliss-reactive ketones (excluding diaryl/α,β-unsaturated/α-hetero) is 1. The van der Waals surface area contributed by atoms with Crippen molar-refractivity contribution in [3.8, 4) is 0 Å². The van der Waals surface area contributed by atoms with Gasteiger partial charge in [-0.05, 0) is 56.2 Å². The Kier molecular flexibility index (Phi) is 4.81. The third-order valence-corrected chi connectivity index (χ3v) is 6.00. The Balaban J connectivity index is 1.58. The molecule has 0 aliphatic heterocycles. The van der Waals surface area contributed by atoms with Crippen molar-refractivity contribution >= 4 is 34.8 Å². The van der Waals surface area contributed by atoms with Crippen LogP contribution in [-0.4, -0.2) is 27.7 Å². The van der Waals surface area contributed by atoms with Crippen molar-refractivity contribution in [3.05, 3.63) is 35.8 Å². The molecule has 0 saturated heterocycles. The first-order valence-corrected chi connectivity index (χ1v) is 9.59. The van der Waals surface area contributed by atoms with Crippen molar-refractivity contribution in [1.82, 2.24) is 9.97 Å². The second-order valence-corrected chi connectivity index (χ2v) is 7.80. The number of fused-ring (bicyclic) bond motifs is 2.